The van der Waals surface area contributed by atoms with Crippen LogP contribution in [0.2, 0.25) is 0 Å². The van der Waals surface area contributed by atoms with Crippen LogP contribution in [0.1, 0.15) is 46.0 Å². The van der Waals surface area contributed by atoms with Crippen molar-refractivity contribution in [3.8, 4) is 0 Å². The van der Waals surface area contributed by atoms with E-state index >= 15 is 0 Å². The molecular weight excluding hydrogens is 468 g/mol. The summed E-state index contributed by atoms with van der Waals surface area (Å²) in [5.41, 5.74) is 16.2. The summed E-state index contributed by atoms with van der Waals surface area (Å²) in [6.07, 6.45) is 1.44. The van der Waals surface area contributed by atoms with E-state index < -0.39 is 66.1 Å². The van der Waals surface area contributed by atoms with E-state index in [0.717, 1.165) is 0 Å². The summed E-state index contributed by atoms with van der Waals surface area (Å²) in [6.45, 7) is 3.59. The van der Waals surface area contributed by atoms with E-state index in [1.54, 1.807) is 13.2 Å². The van der Waals surface area contributed by atoms with Crippen LogP contribution >= 0.6 is 11.8 Å². The first-order valence-electron chi connectivity index (χ1n) is 10.8. The molecule has 5 amide bonds. The first kappa shape index (κ1) is 31.1. The standard InChI is InChI=1S/C20H36N6O7S/c1-4-10(2)16(23)19(31)24-11(5-6-14(21)27)17(29)26-13(9-15(22)28)18(30)25-12(20(32)33)7-8-34-3/h10-13,16H,4-9,23H2,1-3H3,(H2,21,27)(H2,22,28)(H,24,31)(H,25,30)(H,26,29)(H,32,33). The van der Waals surface area contributed by atoms with Gasteiger partial charge in [0.05, 0.1) is 12.5 Å². The average Bonchev–Trinajstić information content (AvgIpc) is 2.76. The maximum atomic E-state index is 12.9. The molecule has 0 aliphatic rings. The Morgan fingerprint density at radius 2 is 1.38 bits per heavy atom. The number of hydrogen-bond donors (Lipinski definition) is 7. The highest BCUT2D eigenvalue weighted by Gasteiger charge is 2.31. The average molecular weight is 505 g/mol. The molecule has 10 N–H and O–H groups in total. The van der Waals surface area contributed by atoms with Crippen molar-refractivity contribution in [3.63, 3.8) is 0 Å². The maximum absolute atomic E-state index is 12.9. The Labute approximate surface area is 202 Å². The lowest BCUT2D eigenvalue weighted by atomic mass is 9.98. The van der Waals surface area contributed by atoms with Crippen molar-refractivity contribution in [2.45, 2.75) is 70.1 Å². The van der Waals surface area contributed by atoms with Gasteiger partial charge >= 0.3 is 5.97 Å². The van der Waals surface area contributed by atoms with Crippen LogP contribution in [0.3, 0.4) is 0 Å². The number of aliphatic carboxylic acids is 1. The van der Waals surface area contributed by atoms with Crippen LogP contribution in [0.15, 0.2) is 0 Å². The quantitative estimate of drug-likeness (QED) is 0.113. The first-order chi connectivity index (χ1) is 15.8. The van der Waals surface area contributed by atoms with E-state index in [1.807, 2.05) is 6.92 Å². The second kappa shape index (κ2) is 15.9. The second-order valence-corrected chi connectivity index (χ2v) is 8.88. The van der Waals surface area contributed by atoms with E-state index in [0.29, 0.717) is 12.2 Å². The number of hydrogen-bond acceptors (Lipinski definition) is 8. The van der Waals surface area contributed by atoms with Crippen LogP contribution in [0.25, 0.3) is 0 Å². The Kier molecular flexibility index (Phi) is 14.5. The first-order valence-corrected chi connectivity index (χ1v) is 12.2. The topological polar surface area (TPSA) is 237 Å². The molecule has 0 radical (unpaired) electrons. The molecule has 5 atom stereocenters. The van der Waals surface area contributed by atoms with Crippen LogP contribution in [0, 0.1) is 5.92 Å². The van der Waals surface area contributed by atoms with Gasteiger partial charge in [0.1, 0.15) is 18.1 Å². The van der Waals surface area contributed by atoms with Gasteiger partial charge < -0.3 is 38.3 Å². The third kappa shape index (κ3) is 11.8. The van der Waals surface area contributed by atoms with Crippen molar-refractivity contribution in [3.05, 3.63) is 0 Å². The zero-order valence-corrected chi connectivity index (χ0v) is 20.5. The van der Waals surface area contributed by atoms with E-state index in [-0.39, 0.29) is 25.2 Å². The van der Waals surface area contributed by atoms with E-state index in [4.69, 9.17) is 17.2 Å². The van der Waals surface area contributed by atoms with Gasteiger partial charge in [-0.05, 0) is 30.8 Å². The van der Waals surface area contributed by atoms with Gasteiger partial charge in [-0.2, -0.15) is 11.8 Å². The molecule has 0 aliphatic carbocycles. The summed E-state index contributed by atoms with van der Waals surface area (Å²) in [7, 11) is 0. The van der Waals surface area contributed by atoms with Crippen molar-refractivity contribution < 1.29 is 33.9 Å². The molecule has 0 heterocycles. The molecule has 0 aliphatic heterocycles. The van der Waals surface area contributed by atoms with Crippen LogP contribution in [-0.2, 0) is 28.8 Å². The molecule has 0 spiro atoms. The van der Waals surface area contributed by atoms with Crippen molar-refractivity contribution >= 4 is 47.3 Å². The van der Waals surface area contributed by atoms with Gasteiger partial charge in [-0.15, -0.1) is 0 Å². The number of carboxylic acid groups (broad SMARTS) is 1. The number of rotatable bonds is 17. The summed E-state index contributed by atoms with van der Waals surface area (Å²) in [6, 6.07) is -4.96. The molecule has 14 heteroatoms. The fraction of sp³-hybridized carbons (Fsp3) is 0.700. The minimum absolute atomic E-state index is 0.115. The Morgan fingerprint density at radius 1 is 0.853 bits per heavy atom. The molecule has 0 bridgehead atoms. The number of carbonyl (C=O) groups is 6. The normalized spacial score (nSPS) is 15.2. The molecule has 0 saturated heterocycles. The lowest BCUT2D eigenvalue weighted by Crippen LogP contribution is -2.58. The lowest BCUT2D eigenvalue weighted by Gasteiger charge is -2.25. The molecule has 5 unspecified atom stereocenters. The monoisotopic (exact) mass is 504 g/mol. The summed E-state index contributed by atoms with van der Waals surface area (Å²) in [4.78, 5) is 72.1. The van der Waals surface area contributed by atoms with Crippen molar-refractivity contribution in [2.75, 3.05) is 12.0 Å². The third-order valence-corrected chi connectivity index (χ3v) is 5.78. The highest BCUT2D eigenvalue weighted by Crippen LogP contribution is 2.08. The van der Waals surface area contributed by atoms with Gasteiger partial charge in [-0.3, -0.25) is 24.0 Å². The molecular formula is C20H36N6O7S. The Morgan fingerprint density at radius 3 is 1.85 bits per heavy atom. The van der Waals surface area contributed by atoms with E-state index in [2.05, 4.69) is 16.0 Å². The fourth-order valence-corrected chi connectivity index (χ4v) is 3.26. The summed E-state index contributed by atoms with van der Waals surface area (Å²) >= 11 is 1.38. The number of primary amides is 2. The van der Waals surface area contributed by atoms with Crippen LogP contribution in [0.4, 0.5) is 0 Å². The van der Waals surface area contributed by atoms with Gasteiger partial charge in [0, 0.05) is 6.42 Å². The smallest absolute Gasteiger partial charge is 0.326 e. The second-order valence-electron chi connectivity index (χ2n) is 7.89. The van der Waals surface area contributed by atoms with Crippen LogP contribution in [-0.4, -0.2) is 76.8 Å². The highest BCUT2D eigenvalue weighted by atomic mass is 32.2. The van der Waals surface area contributed by atoms with Gasteiger partial charge in [0.25, 0.3) is 0 Å². The zero-order chi connectivity index (χ0) is 26.4. The van der Waals surface area contributed by atoms with Crippen molar-refractivity contribution in [1.29, 1.82) is 0 Å². The molecule has 194 valence electrons. The molecule has 34 heavy (non-hydrogen) atoms. The molecule has 0 aromatic heterocycles. The summed E-state index contributed by atoms with van der Waals surface area (Å²) in [5, 5.41) is 16.3. The Balaban J connectivity index is 5.58. The Hall–Kier alpha value is -2.87. The predicted octanol–water partition coefficient (Wildman–Crippen LogP) is -2.21. The fourth-order valence-electron chi connectivity index (χ4n) is 2.78. The molecule has 0 aromatic carbocycles. The van der Waals surface area contributed by atoms with Gasteiger partial charge in [-0.25, -0.2) is 4.79 Å². The summed E-state index contributed by atoms with van der Waals surface area (Å²) < 4.78 is 0. The van der Waals surface area contributed by atoms with E-state index in [9.17, 15) is 33.9 Å². The number of nitrogens with one attached hydrogen (secondary N) is 3. The number of carbonyl (C=O) groups excluding carboxylic acids is 5. The Bertz CT molecular complexity index is 751. The van der Waals surface area contributed by atoms with Gasteiger partial charge in [0.15, 0.2) is 0 Å². The van der Waals surface area contributed by atoms with Crippen molar-refractivity contribution in [1.82, 2.24) is 16.0 Å². The SMILES string of the molecule is CCC(C)C(N)C(=O)NC(CCC(N)=O)C(=O)NC(CC(N)=O)C(=O)NC(CCSC)C(=O)O. The third-order valence-electron chi connectivity index (χ3n) is 5.14. The van der Waals surface area contributed by atoms with Gasteiger partial charge in [0.2, 0.25) is 29.5 Å². The minimum atomic E-state index is -1.50. The molecule has 0 aromatic rings. The number of amides is 5. The van der Waals surface area contributed by atoms with E-state index in [1.165, 1.54) is 11.8 Å². The molecule has 0 rings (SSSR count). The van der Waals surface area contributed by atoms with Crippen LogP contribution < -0.4 is 33.2 Å². The molecule has 0 saturated carbocycles. The maximum Gasteiger partial charge on any atom is 0.326 e. The molecule has 0 fully saturated rings. The lowest BCUT2D eigenvalue weighted by molar-refractivity contribution is -0.142. The van der Waals surface area contributed by atoms with Crippen molar-refractivity contribution in [2.24, 2.45) is 23.1 Å². The number of carboxylic acids is 1. The minimum Gasteiger partial charge on any atom is -0.480 e. The molecule has 13 nitrogen and oxygen atoms in total. The highest BCUT2D eigenvalue weighted by molar-refractivity contribution is 7.98. The van der Waals surface area contributed by atoms with Crippen LogP contribution in [0.5, 0.6) is 0 Å². The summed E-state index contributed by atoms with van der Waals surface area (Å²) in [5.74, 6) is -5.13. The largest absolute Gasteiger partial charge is 0.480 e. The predicted molar refractivity (Wildman–Crippen MR) is 126 cm³/mol. The number of thioether (sulfide) groups is 1. The van der Waals surface area contributed by atoms with Gasteiger partial charge in [-0.1, -0.05) is 20.3 Å². The number of nitrogens with two attached hydrogens (primary N) is 3. The zero-order valence-electron chi connectivity index (χ0n) is 19.7.